The summed E-state index contributed by atoms with van der Waals surface area (Å²) in [5, 5.41) is 8.57. The molecule has 0 aliphatic rings. The van der Waals surface area contributed by atoms with E-state index in [0.29, 0.717) is 18.9 Å². The highest BCUT2D eigenvalue weighted by Crippen LogP contribution is 2.33. The zero-order valence-corrected chi connectivity index (χ0v) is 17.8. The number of aryl methyl sites for hydroxylation is 2. The molecule has 0 fully saturated rings. The Labute approximate surface area is 175 Å². The van der Waals surface area contributed by atoms with Gasteiger partial charge in [0, 0.05) is 37.4 Å². The van der Waals surface area contributed by atoms with Crippen molar-refractivity contribution in [1.29, 1.82) is 0 Å². The molecular formula is C23H27FN5O+. The molecule has 0 spiro atoms. The van der Waals surface area contributed by atoms with Gasteiger partial charge >= 0.3 is 0 Å². The van der Waals surface area contributed by atoms with E-state index in [9.17, 15) is 4.39 Å². The van der Waals surface area contributed by atoms with E-state index in [1.807, 2.05) is 46.3 Å². The first-order chi connectivity index (χ1) is 14.4. The lowest BCUT2D eigenvalue weighted by molar-refractivity contribution is -0.702. The van der Waals surface area contributed by atoms with E-state index >= 15 is 0 Å². The van der Waals surface area contributed by atoms with Gasteiger partial charge in [0.05, 0.1) is 11.2 Å². The zero-order valence-electron chi connectivity index (χ0n) is 17.8. The standard InChI is InChI=1S/C23H26FN5O/c1-15-13-29(16(2)25-15)9-10-30-23-12-18(24)6-7-19(23)17-5-8-21-20(11-17)22(27-26-21)14-28(3)4/h5-8,11-13H,9-10,14H2,1-4H3,(H,26,27)/p+1. The molecule has 0 saturated carbocycles. The van der Waals surface area contributed by atoms with Gasteiger partial charge in [-0.05, 0) is 43.9 Å². The second-order valence-corrected chi connectivity index (χ2v) is 7.88. The number of nitrogens with one attached hydrogen (secondary N) is 2. The number of hydrogen-bond acceptors (Lipinski definition) is 3. The van der Waals surface area contributed by atoms with Gasteiger partial charge in [0.1, 0.15) is 36.6 Å². The average molecular weight is 409 g/mol. The third-order valence-corrected chi connectivity index (χ3v) is 5.11. The number of ether oxygens (including phenoxy) is 1. The summed E-state index contributed by atoms with van der Waals surface area (Å²) in [7, 11) is 4.04. The number of aromatic nitrogens is 4. The topological polar surface area (TPSA) is 60.8 Å². The minimum Gasteiger partial charge on any atom is -0.489 e. The molecule has 0 amide bonds. The van der Waals surface area contributed by atoms with Crippen molar-refractivity contribution in [2.24, 2.45) is 0 Å². The lowest BCUT2D eigenvalue weighted by Crippen LogP contribution is -2.37. The van der Waals surface area contributed by atoms with E-state index in [-0.39, 0.29) is 5.82 Å². The van der Waals surface area contributed by atoms with Crippen molar-refractivity contribution in [2.45, 2.75) is 26.9 Å². The highest BCUT2D eigenvalue weighted by atomic mass is 19.1. The van der Waals surface area contributed by atoms with Crippen molar-refractivity contribution in [3.05, 3.63) is 65.6 Å². The van der Waals surface area contributed by atoms with Crippen molar-refractivity contribution < 1.29 is 13.7 Å². The number of imidazole rings is 1. The van der Waals surface area contributed by atoms with Gasteiger partial charge in [-0.1, -0.05) is 6.07 Å². The summed E-state index contributed by atoms with van der Waals surface area (Å²) in [6.45, 7) is 5.93. The quantitative estimate of drug-likeness (QED) is 0.458. The molecule has 4 aromatic rings. The first-order valence-electron chi connectivity index (χ1n) is 10.0. The smallest absolute Gasteiger partial charge is 0.251 e. The fourth-order valence-electron chi connectivity index (χ4n) is 3.73. The molecule has 7 heteroatoms. The fourth-order valence-corrected chi connectivity index (χ4v) is 3.73. The number of H-pyrrole nitrogens is 2. The van der Waals surface area contributed by atoms with Crippen LogP contribution in [0.2, 0.25) is 0 Å². The molecule has 2 N–H and O–H groups in total. The van der Waals surface area contributed by atoms with Crippen LogP contribution in [0.4, 0.5) is 4.39 Å². The minimum atomic E-state index is -0.312. The maximum Gasteiger partial charge on any atom is 0.251 e. The molecule has 0 unspecified atom stereocenters. The molecule has 0 bridgehead atoms. The van der Waals surface area contributed by atoms with E-state index in [1.165, 1.54) is 12.1 Å². The Balaban J connectivity index is 1.61. The van der Waals surface area contributed by atoms with E-state index in [2.05, 4.69) is 30.7 Å². The Kier molecular flexibility index (Phi) is 5.55. The van der Waals surface area contributed by atoms with Crippen LogP contribution in [0.25, 0.3) is 22.0 Å². The Morgan fingerprint density at radius 1 is 1.13 bits per heavy atom. The Bertz CT molecular complexity index is 1180. The summed E-state index contributed by atoms with van der Waals surface area (Å²) in [5.74, 6) is 1.29. The molecule has 156 valence electrons. The summed E-state index contributed by atoms with van der Waals surface area (Å²) in [4.78, 5) is 5.36. The summed E-state index contributed by atoms with van der Waals surface area (Å²) < 4.78 is 22.1. The maximum absolute atomic E-state index is 14.0. The van der Waals surface area contributed by atoms with Gasteiger partial charge in [0.25, 0.3) is 5.82 Å². The molecule has 2 aromatic heterocycles. The van der Waals surface area contributed by atoms with Gasteiger partial charge in [-0.15, -0.1) is 0 Å². The number of nitrogens with zero attached hydrogens (tertiary/aromatic N) is 3. The van der Waals surface area contributed by atoms with Gasteiger partial charge in [0.2, 0.25) is 0 Å². The highest BCUT2D eigenvalue weighted by molar-refractivity contribution is 5.87. The van der Waals surface area contributed by atoms with Crippen LogP contribution in [0.15, 0.2) is 42.6 Å². The fraction of sp³-hybridized carbons (Fsp3) is 0.304. The van der Waals surface area contributed by atoms with Gasteiger partial charge in [-0.3, -0.25) is 5.10 Å². The van der Waals surface area contributed by atoms with Crippen LogP contribution in [0, 0.1) is 19.7 Å². The van der Waals surface area contributed by atoms with E-state index in [1.54, 1.807) is 6.07 Å². The summed E-state index contributed by atoms with van der Waals surface area (Å²) in [6.07, 6.45) is 2.05. The molecule has 30 heavy (non-hydrogen) atoms. The molecule has 4 rings (SSSR count). The second-order valence-electron chi connectivity index (χ2n) is 7.88. The van der Waals surface area contributed by atoms with Crippen LogP contribution in [-0.4, -0.2) is 40.8 Å². The lowest BCUT2D eigenvalue weighted by atomic mass is 10.0. The molecule has 0 radical (unpaired) electrons. The van der Waals surface area contributed by atoms with Crippen LogP contribution in [0.5, 0.6) is 5.75 Å². The van der Waals surface area contributed by atoms with Gasteiger partial charge in [0.15, 0.2) is 0 Å². The molecule has 2 aromatic carbocycles. The molecule has 6 nitrogen and oxygen atoms in total. The van der Waals surface area contributed by atoms with Crippen LogP contribution in [0.3, 0.4) is 0 Å². The molecule has 2 heterocycles. The second kappa shape index (κ2) is 8.28. The SMILES string of the molecule is Cc1c[n+](CCOc2cc(F)ccc2-c2ccc3n[nH]c(CN(C)C)c3c2)c(C)[nH]1. The van der Waals surface area contributed by atoms with Gasteiger partial charge < -0.3 is 9.64 Å². The Morgan fingerprint density at radius 2 is 1.97 bits per heavy atom. The lowest BCUT2D eigenvalue weighted by Gasteiger charge is -2.12. The maximum atomic E-state index is 14.0. The summed E-state index contributed by atoms with van der Waals surface area (Å²) in [5.41, 5.74) is 4.90. The van der Waals surface area contributed by atoms with Crippen molar-refractivity contribution in [3.8, 4) is 16.9 Å². The van der Waals surface area contributed by atoms with Crippen LogP contribution < -0.4 is 9.30 Å². The number of halogens is 1. The molecular weight excluding hydrogens is 381 g/mol. The number of benzene rings is 2. The molecule has 0 saturated heterocycles. The Hall–Kier alpha value is -3.19. The number of fused-ring (bicyclic) bond motifs is 1. The highest BCUT2D eigenvalue weighted by Gasteiger charge is 2.13. The van der Waals surface area contributed by atoms with E-state index in [4.69, 9.17) is 4.74 Å². The largest absolute Gasteiger partial charge is 0.489 e. The average Bonchev–Trinajstić information content (AvgIpc) is 3.23. The molecule has 0 aliphatic heterocycles. The van der Waals surface area contributed by atoms with Crippen LogP contribution in [0.1, 0.15) is 17.2 Å². The normalized spacial score (nSPS) is 11.5. The van der Waals surface area contributed by atoms with Crippen LogP contribution in [-0.2, 0) is 13.1 Å². The third kappa shape index (κ3) is 4.21. The summed E-state index contributed by atoms with van der Waals surface area (Å²) in [6, 6.07) is 10.8. The van der Waals surface area contributed by atoms with Crippen molar-refractivity contribution in [2.75, 3.05) is 20.7 Å². The number of rotatable bonds is 7. The first kappa shape index (κ1) is 20.1. The molecule has 0 aliphatic carbocycles. The van der Waals surface area contributed by atoms with Crippen molar-refractivity contribution in [3.63, 3.8) is 0 Å². The third-order valence-electron chi connectivity index (χ3n) is 5.11. The molecule has 0 atom stereocenters. The first-order valence-corrected chi connectivity index (χ1v) is 10.0. The zero-order chi connectivity index (χ0) is 21.3. The number of aromatic amines is 2. The monoisotopic (exact) mass is 408 g/mol. The van der Waals surface area contributed by atoms with Crippen molar-refractivity contribution in [1.82, 2.24) is 20.1 Å². The summed E-state index contributed by atoms with van der Waals surface area (Å²) >= 11 is 0. The van der Waals surface area contributed by atoms with E-state index < -0.39 is 0 Å². The van der Waals surface area contributed by atoms with Gasteiger partial charge in [-0.25, -0.2) is 13.9 Å². The van der Waals surface area contributed by atoms with Crippen molar-refractivity contribution >= 4 is 10.9 Å². The van der Waals surface area contributed by atoms with Crippen LogP contribution >= 0.6 is 0 Å². The van der Waals surface area contributed by atoms with E-state index in [0.717, 1.165) is 45.8 Å². The minimum absolute atomic E-state index is 0.312. The van der Waals surface area contributed by atoms with Gasteiger partial charge in [-0.2, -0.15) is 5.10 Å². The predicted molar refractivity (Wildman–Crippen MR) is 115 cm³/mol. The predicted octanol–water partition coefficient (Wildman–Crippen LogP) is 3.74. The Morgan fingerprint density at radius 3 is 2.70 bits per heavy atom. The number of hydrogen-bond donors (Lipinski definition) is 2.